The number of hydrogen-bond donors (Lipinski definition) is 2. The van der Waals surface area contributed by atoms with Crippen molar-refractivity contribution in [2.45, 2.75) is 24.8 Å². The van der Waals surface area contributed by atoms with Crippen molar-refractivity contribution >= 4 is 12.0 Å². The van der Waals surface area contributed by atoms with Crippen molar-refractivity contribution in [3.05, 3.63) is 35.6 Å². The highest BCUT2D eigenvalue weighted by Crippen LogP contribution is 2.32. The van der Waals surface area contributed by atoms with Gasteiger partial charge in [0.2, 0.25) is 5.91 Å². The van der Waals surface area contributed by atoms with Gasteiger partial charge in [0.1, 0.15) is 19.0 Å². The zero-order chi connectivity index (χ0) is 18.8. The molecule has 2 amide bonds. The molecule has 0 radical (unpaired) electrons. The molecule has 4 rings (SSSR count). The third kappa shape index (κ3) is 3.91. The fourth-order valence-corrected chi connectivity index (χ4v) is 4.36. The van der Waals surface area contributed by atoms with Gasteiger partial charge in [-0.05, 0) is 36.5 Å². The van der Waals surface area contributed by atoms with Gasteiger partial charge in [0.25, 0.3) is 0 Å². The first-order chi connectivity index (χ1) is 13.1. The monoisotopic (exact) mass is 376 g/mol. The second-order valence-corrected chi connectivity index (χ2v) is 7.47. The van der Waals surface area contributed by atoms with E-state index in [9.17, 15) is 14.0 Å². The Labute approximate surface area is 157 Å². The number of benzene rings is 1. The van der Waals surface area contributed by atoms with E-state index in [-0.39, 0.29) is 30.2 Å². The van der Waals surface area contributed by atoms with Crippen molar-refractivity contribution in [2.24, 2.45) is 5.92 Å². The van der Waals surface area contributed by atoms with Crippen molar-refractivity contribution in [1.29, 1.82) is 0 Å². The van der Waals surface area contributed by atoms with Crippen LogP contribution in [0.3, 0.4) is 0 Å². The molecular weight excluding hydrogens is 351 g/mol. The minimum Gasteiger partial charge on any atom is -0.448 e. The summed E-state index contributed by atoms with van der Waals surface area (Å²) in [6.45, 7) is 3.06. The molecular formula is C19H25FN4O3. The number of rotatable bonds is 4. The van der Waals surface area contributed by atoms with Gasteiger partial charge in [-0.2, -0.15) is 0 Å². The highest BCUT2D eigenvalue weighted by Gasteiger charge is 2.37. The molecule has 3 aliphatic heterocycles. The van der Waals surface area contributed by atoms with Crippen LogP contribution in [-0.2, 0) is 9.53 Å². The second kappa shape index (κ2) is 7.82. The van der Waals surface area contributed by atoms with E-state index in [1.807, 2.05) is 11.0 Å². The second-order valence-electron chi connectivity index (χ2n) is 7.47. The van der Waals surface area contributed by atoms with Gasteiger partial charge < -0.3 is 9.64 Å². The summed E-state index contributed by atoms with van der Waals surface area (Å²) in [6.07, 6.45) is 1.38. The lowest BCUT2D eigenvalue weighted by Gasteiger charge is -2.37. The van der Waals surface area contributed by atoms with E-state index in [4.69, 9.17) is 4.74 Å². The lowest BCUT2D eigenvalue weighted by atomic mass is 9.80. The van der Waals surface area contributed by atoms with E-state index >= 15 is 0 Å². The van der Waals surface area contributed by atoms with Gasteiger partial charge in [0, 0.05) is 31.6 Å². The number of cyclic esters (lactones) is 1. The molecule has 2 unspecified atom stereocenters. The zero-order valence-electron chi connectivity index (χ0n) is 15.2. The molecule has 146 valence electrons. The standard InChI is InChI=1S/C19H25FN4O3/c20-15-3-1-2-14(10-15)16-11-21-22-18(16)13-4-6-23(7-5-13)17(25)12-24-8-9-27-19(24)26/h1-3,10,13,16,18,21-22H,4-9,11-12H2. The average Bonchev–Trinajstić information content (AvgIpc) is 3.31. The van der Waals surface area contributed by atoms with E-state index in [2.05, 4.69) is 10.9 Å². The molecule has 1 aromatic carbocycles. The molecule has 8 heteroatoms. The quantitative estimate of drug-likeness (QED) is 0.823. The van der Waals surface area contributed by atoms with Crippen LogP contribution < -0.4 is 10.9 Å². The molecule has 0 aromatic heterocycles. The number of piperidine rings is 1. The number of carbonyl (C=O) groups is 2. The van der Waals surface area contributed by atoms with E-state index in [0.29, 0.717) is 32.2 Å². The number of likely N-dealkylation sites (tertiary alicyclic amines) is 1. The van der Waals surface area contributed by atoms with Crippen LogP contribution in [0.5, 0.6) is 0 Å². The van der Waals surface area contributed by atoms with E-state index in [1.165, 1.54) is 11.0 Å². The van der Waals surface area contributed by atoms with Gasteiger partial charge in [0.05, 0.1) is 6.54 Å². The fourth-order valence-electron chi connectivity index (χ4n) is 4.36. The number of nitrogens with one attached hydrogen (secondary N) is 2. The third-order valence-electron chi connectivity index (χ3n) is 5.87. The Hall–Kier alpha value is -2.19. The Balaban J connectivity index is 1.33. The third-order valence-corrected chi connectivity index (χ3v) is 5.87. The minimum atomic E-state index is -0.405. The number of amides is 2. The van der Waals surface area contributed by atoms with Crippen molar-refractivity contribution in [1.82, 2.24) is 20.7 Å². The molecule has 3 saturated heterocycles. The first-order valence-corrected chi connectivity index (χ1v) is 9.55. The van der Waals surface area contributed by atoms with Gasteiger partial charge >= 0.3 is 6.09 Å². The van der Waals surface area contributed by atoms with Gasteiger partial charge in [-0.3, -0.25) is 20.5 Å². The molecule has 0 aliphatic carbocycles. The van der Waals surface area contributed by atoms with Crippen LogP contribution in [0.25, 0.3) is 0 Å². The molecule has 0 saturated carbocycles. The Bertz CT molecular complexity index is 708. The molecule has 3 aliphatic rings. The maximum absolute atomic E-state index is 13.6. The number of ether oxygens (including phenoxy) is 1. The van der Waals surface area contributed by atoms with Crippen molar-refractivity contribution in [2.75, 3.05) is 39.3 Å². The predicted molar refractivity (Wildman–Crippen MR) is 96.3 cm³/mol. The van der Waals surface area contributed by atoms with Crippen LogP contribution in [-0.4, -0.2) is 67.2 Å². The Kier molecular flexibility index (Phi) is 5.27. The SMILES string of the molecule is O=C(CN1CCOC1=O)N1CCC(C2NNCC2c2cccc(F)c2)CC1. The van der Waals surface area contributed by atoms with Crippen molar-refractivity contribution < 1.29 is 18.7 Å². The van der Waals surface area contributed by atoms with Crippen LogP contribution in [0.2, 0.25) is 0 Å². The molecule has 0 spiro atoms. The zero-order valence-corrected chi connectivity index (χ0v) is 15.2. The largest absolute Gasteiger partial charge is 0.448 e. The lowest BCUT2D eigenvalue weighted by Crippen LogP contribution is -2.48. The molecule has 27 heavy (non-hydrogen) atoms. The number of hydrogen-bond acceptors (Lipinski definition) is 5. The summed E-state index contributed by atoms with van der Waals surface area (Å²) >= 11 is 0. The number of hydrazine groups is 1. The summed E-state index contributed by atoms with van der Waals surface area (Å²) in [5.74, 6) is 0.395. The van der Waals surface area contributed by atoms with E-state index < -0.39 is 6.09 Å². The van der Waals surface area contributed by atoms with Gasteiger partial charge in [-0.1, -0.05) is 12.1 Å². The number of nitrogens with zero attached hydrogens (tertiary/aromatic N) is 2. The van der Waals surface area contributed by atoms with Crippen LogP contribution in [0.15, 0.2) is 24.3 Å². The number of halogens is 1. The Morgan fingerprint density at radius 3 is 2.78 bits per heavy atom. The number of carbonyl (C=O) groups excluding carboxylic acids is 2. The van der Waals surface area contributed by atoms with Crippen LogP contribution in [0.1, 0.15) is 24.3 Å². The summed E-state index contributed by atoms with van der Waals surface area (Å²) < 4.78 is 18.5. The molecule has 7 nitrogen and oxygen atoms in total. The highest BCUT2D eigenvalue weighted by atomic mass is 19.1. The van der Waals surface area contributed by atoms with E-state index in [0.717, 1.165) is 24.9 Å². The fraction of sp³-hybridized carbons (Fsp3) is 0.579. The van der Waals surface area contributed by atoms with Gasteiger partial charge in [0.15, 0.2) is 0 Å². The molecule has 3 heterocycles. The van der Waals surface area contributed by atoms with Crippen molar-refractivity contribution in [3.8, 4) is 0 Å². The van der Waals surface area contributed by atoms with Crippen LogP contribution >= 0.6 is 0 Å². The summed E-state index contributed by atoms with van der Waals surface area (Å²) in [4.78, 5) is 27.3. The summed E-state index contributed by atoms with van der Waals surface area (Å²) in [6, 6.07) is 7.03. The van der Waals surface area contributed by atoms with Gasteiger partial charge in [-0.15, -0.1) is 0 Å². The van der Waals surface area contributed by atoms with Crippen LogP contribution in [0.4, 0.5) is 9.18 Å². The normalized spacial score (nSPS) is 26.5. The molecule has 1 aromatic rings. The smallest absolute Gasteiger partial charge is 0.410 e. The van der Waals surface area contributed by atoms with Crippen LogP contribution in [0, 0.1) is 11.7 Å². The Morgan fingerprint density at radius 2 is 2.07 bits per heavy atom. The first kappa shape index (κ1) is 18.2. The lowest BCUT2D eigenvalue weighted by molar-refractivity contribution is -0.133. The molecule has 0 bridgehead atoms. The maximum atomic E-state index is 13.6. The highest BCUT2D eigenvalue weighted by molar-refractivity contribution is 5.83. The molecule has 2 atom stereocenters. The Morgan fingerprint density at radius 1 is 1.26 bits per heavy atom. The summed E-state index contributed by atoms with van der Waals surface area (Å²) in [5, 5.41) is 0. The van der Waals surface area contributed by atoms with E-state index in [1.54, 1.807) is 12.1 Å². The van der Waals surface area contributed by atoms with Gasteiger partial charge in [-0.25, -0.2) is 9.18 Å². The average molecular weight is 376 g/mol. The summed E-state index contributed by atoms with van der Waals surface area (Å²) in [5.41, 5.74) is 7.57. The first-order valence-electron chi connectivity index (χ1n) is 9.55. The molecule has 3 fully saturated rings. The maximum Gasteiger partial charge on any atom is 0.410 e. The minimum absolute atomic E-state index is 0.0218. The topological polar surface area (TPSA) is 73.9 Å². The van der Waals surface area contributed by atoms with Crippen molar-refractivity contribution in [3.63, 3.8) is 0 Å². The summed E-state index contributed by atoms with van der Waals surface area (Å²) in [7, 11) is 0. The predicted octanol–water partition coefficient (Wildman–Crippen LogP) is 1.08. The molecule has 2 N–H and O–H groups in total.